The van der Waals surface area contributed by atoms with Crippen molar-refractivity contribution in [2.75, 3.05) is 45.1 Å². The van der Waals surface area contributed by atoms with Crippen molar-refractivity contribution in [1.82, 2.24) is 15.1 Å². The molecule has 1 unspecified atom stereocenters. The van der Waals surface area contributed by atoms with Crippen LogP contribution in [0.2, 0.25) is 0 Å². The van der Waals surface area contributed by atoms with E-state index >= 15 is 0 Å². The molecule has 1 aliphatic heterocycles. The van der Waals surface area contributed by atoms with E-state index in [9.17, 15) is 9.18 Å². The van der Waals surface area contributed by atoms with Gasteiger partial charge in [-0.2, -0.15) is 0 Å². The molecule has 0 spiro atoms. The van der Waals surface area contributed by atoms with Crippen LogP contribution in [0.1, 0.15) is 11.6 Å². The van der Waals surface area contributed by atoms with Crippen molar-refractivity contribution in [2.45, 2.75) is 6.04 Å². The average Bonchev–Trinajstić information content (AvgIpc) is 2.65. The Labute approximate surface area is 153 Å². The van der Waals surface area contributed by atoms with E-state index in [4.69, 9.17) is 0 Å². The maximum absolute atomic E-state index is 12.9. The first-order valence-corrected chi connectivity index (χ1v) is 8.90. The number of hydrogen-bond donors (Lipinski definition) is 2. The molecule has 0 radical (unpaired) electrons. The molecular formula is C20H25FN4O. The lowest BCUT2D eigenvalue weighted by Gasteiger charge is -2.40. The number of hydrogen-bond acceptors (Lipinski definition) is 3. The molecule has 1 saturated heterocycles. The summed E-state index contributed by atoms with van der Waals surface area (Å²) >= 11 is 0. The Bertz CT molecular complexity index is 708. The molecule has 3 rings (SSSR count). The smallest absolute Gasteiger partial charge is 0.319 e. The fraction of sp³-hybridized carbons (Fsp3) is 0.350. The summed E-state index contributed by atoms with van der Waals surface area (Å²) in [4.78, 5) is 16.7. The Balaban J connectivity index is 1.50. The maximum atomic E-state index is 12.9. The number of urea groups is 1. The second-order valence-corrected chi connectivity index (χ2v) is 6.61. The summed E-state index contributed by atoms with van der Waals surface area (Å²) in [6, 6.07) is 16.3. The van der Waals surface area contributed by atoms with E-state index in [-0.39, 0.29) is 11.8 Å². The average molecular weight is 356 g/mol. The highest BCUT2D eigenvalue weighted by molar-refractivity contribution is 5.89. The molecule has 0 aromatic heterocycles. The van der Waals surface area contributed by atoms with Gasteiger partial charge in [0.15, 0.2) is 0 Å². The Kier molecular flexibility index (Phi) is 6.20. The lowest BCUT2D eigenvalue weighted by atomic mass is 10.0. The summed E-state index contributed by atoms with van der Waals surface area (Å²) in [5.74, 6) is -0.321. The van der Waals surface area contributed by atoms with E-state index in [1.807, 2.05) is 6.07 Å². The maximum Gasteiger partial charge on any atom is 0.319 e. The van der Waals surface area contributed by atoms with E-state index in [0.717, 1.165) is 26.2 Å². The number of piperazine rings is 1. The van der Waals surface area contributed by atoms with Crippen LogP contribution in [-0.4, -0.2) is 55.6 Å². The highest BCUT2D eigenvalue weighted by atomic mass is 19.1. The molecule has 2 aromatic rings. The second-order valence-electron chi connectivity index (χ2n) is 6.61. The summed E-state index contributed by atoms with van der Waals surface area (Å²) < 4.78 is 12.9. The summed E-state index contributed by atoms with van der Waals surface area (Å²) in [6.07, 6.45) is 0. The van der Waals surface area contributed by atoms with Crippen LogP contribution < -0.4 is 10.6 Å². The van der Waals surface area contributed by atoms with Gasteiger partial charge in [0.05, 0.1) is 0 Å². The number of benzene rings is 2. The third-order valence-corrected chi connectivity index (χ3v) is 4.67. The second kappa shape index (κ2) is 8.78. The van der Waals surface area contributed by atoms with E-state index in [1.165, 1.54) is 17.7 Å². The number of carbonyl (C=O) groups is 1. The van der Waals surface area contributed by atoms with Gasteiger partial charge < -0.3 is 15.5 Å². The van der Waals surface area contributed by atoms with E-state index in [0.29, 0.717) is 18.3 Å². The van der Waals surface area contributed by atoms with E-state index in [2.05, 4.69) is 51.7 Å². The number of carbonyl (C=O) groups excluding carboxylic acids is 1. The van der Waals surface area contributed by atoms with E-state index in [1.54, 1.807) is 12.1 Å². The number of rotatable bonds is 5. The summed E-state index contributed by atoms with van der Waals surface area (Å²) in [5, 5.41) is 5.59. The summed E-state index contributed by atoms with van der Waals surface area (Å²) in [6.45, 7) is 4.30. The fourth-order valence-corrected chi connectivity index (χ4v) is 3.24. The van der Waals surface area contributed by atoms with Gasteiger partial charge >= 0.3 is 6.03 Å². The number of nitrogens with one attached hydrogen (secondary N) is 2. The van der Waals surface area contributed by atoms with Gasteiger partial charge in [0.25, 0.3) is 0 Å². The SMILES string of the molecule is CN1CCN(CCNC(=O)Nc2ccc(F)cc2)C(c2ccccc2)C1. The molecule has 0 bridgehead atoms. The molecule has 6 heteroatoms. The Morgan fingerprint density at radius 3 is 2.58 bits per heavy atom. The topological polar surface area (TPSA) is 47.6 Å². The van der Waals surface area contributed by atoms with Gasteiger partial charge in [-0.05, 0) is 36.9 Å². The van der Waals surface area contributed by atoms with Crippen LogP contribution in [-0.2, 0) is 0 Å². The molecule has 1 fully saturated rings. The molecule has 0 aliphatic carbocycles. The minimum atomic E-state index is -0.321. The monoisotopic (exact) mass is 356 g/mol. The first-order chi connectivity index (χ1) is 12.6. The molecule has 0 saturated carbocycles. The number of anilines is 1. The van der Waals surface area contributed by atoms with Gasteiger partial charge in [0.1, 0.15) is 5.82 Å². The largest absolute Gasteiger partial charge is 0.337 e. The van der Waals surface area contributed by atoms with Crippen molar-refractivity contribution in [2.24, 2.45) is 0 Å². The van der Waals surface area contributed by atoms with Gasteiger partial charge in [-0.15, -0.1) is 0 Å². The van der Waals surface area contributed by atoms with Crippen LogP contribution in [0.5, 0.6) is 0 Å². The van der Waals surface area contributed by atoms with Gasteiger partial charge in [-0.25, -0.2) is 9.18 Å². The van der Waals surface area contributed by atoms with Crippen LogP contribution in [0.4, 0.5) is 14.9 Å². The number of likely N-dealkylation sites (N-methyl/N-ethyl adjacent to an activating group) is 1. The number of halogens is 1. The lowest BCUT2D eigenvalue weighted by molar-refractivity contribution is 0.0913. The molecule has 26 heavy (non-hydrogen) atoms. The van der Waals surface area contributed by atoms with Crippen molar-refractivity contribution >= 4 is 11.7 Å². The molecule has 1 aliphatic rings. The van der Waals surface area contributed by atoms with Gasteiger partial charge in [0.2, 0.25) is 0 Å². The van der Waals surface area contributed by atoms with Crippen molar-refractivity contribution in [3.8, 4) is 0 Å². The highest BCUT2D eigenvalue weighted by Gasteiger charge is 2.26. The van der Waals surface area contributed by atoms with Crippen molar-refractivity contribution in [1.29, 1.82) is 0 Å². The Hall–Kier alpha value is -2.44. The minimum absolute atomic E-state index is 0.276. The quantitative estimate of drug-likeness (QED) is 0.866. The van der Waals surface area contributed by atoms with E-state index < -0.39 is 0 Å². The van der Waals surface area contributed by atoms with Crippen molar-refractivity contribution < 1.29 is 9.18 Å². The van der Waals surface area contributed by atoms with Crippen molar-refractivity contribution in [3.05, 3.63) is 66.0 Å². The lowest BCUT2D eigenvalue weighted by Crippen LogP contribution is -2.49. The van der Waals surface area contributed by atoms with Gasteiger partial charge in [0, 0.05) is 44.5 Å². The molecule has 138 valence electrons. The molecule has 5 nitrogen and oxygen atoms in total. The zero-order valence-electron chi connectivity index (χ0n) is 15.0. The zero-order chi connectivity index (χ0) is 18.4. The van der Waals surface area contributed by atoms with Crippen LogP contribution >= 0.6 is 0 Å². The minimum Gasteiger partial charge on any atom is -0.337 e. The third-order valence-electron chi connectivity index (χ3n) is 4.67. The first-order valence-electron chi connectivity index (χ1n) is 8.90. The molecular weight excluding hydrogens is 331 g/mol. The predicted octanol–water partition coefficient (Wildman–Crippen LogP) is 2.94. The molecule has 1 atom stereocenters. The highest BCUT2D eigenvalue weighted by Crippen LogP contribution is 2.24. The summed E-state index contributed by atoms with van der Waals surface area (Å²) in [5.41, 5.74) is 1.88. The Morgan fingerprint density at radius 1 is 1.12 bits per heavy atom. The molecule has 2 amide bonds. The number of amides is 2. The molecule has 2 N–H and O–H groups in total. The fourth-order valence-electron chi connectivity index (χ4n) is 3.24. The van der Waals surface area contributed by atoms with Crippen molar-refractivity contribution in [3.63, 3.8) is 0 Å². The first kappa shape index (κ1) is 18.4. The molecule has 2 aromatic carbocycles. The third kappa shape index (κ3) is 5.03. The Morgan fingerprint density at radius 2 is 1.85 bits per heavy atom. The number of nitrogens with zero attached hydrogens (tertiary/aromatic N) is 2. The van der Waals surface area contributed by atoms with Crippen LogP contribution in [0.15, 0.2) is 54.6 Å². The molecule has 1 heterocycles. The van der Waals surface area contributed by atoms with Crippen LogP contribution in [0, 0.1) is 5.82 Å². The predicted molar refractivity (Wildman–Crippen MR) is 102 cm³/mol. The van der Waals surface area contributed by atoms with Gasteiger partial charge in [-0.3, -0.25) is 4.90 Å². The van der Waals surface area contributed by atoms with Crippen LogP contribution in [0.25, 0.3) is 0 Å². The van der Waals surface area contributed by atoms with Gasteiger partial charge in [-0.1, -0.05) is 30.3 Å². The summed E-state index contributed by atoms with van der Waals surface area (Å²) in [7, 11) is 2.14. The standard InChI is InChI=1S/C20H25FN4O/c1-24-13-14-25(19(15-24)16-5-3-2-4-6-16)12-11-22-20(26)23-18-9-7-17(21)8-10-18/h2-10,19H,11-15H2,1H3,(H2,22,23,26). The van der Waals surface area contributed by atoms with Crippen LogP contribution in [0.3, 0.4) is 0 Å². The normalized spacial score (nSPS) is 18.5. The zero-order valence-corrected chi connectivity index (χ0v) is 15.0.